The fourth-order valence-corrected chi connectivity index (χ4v) is 3.74. The first-order chi connectivity index (χ1) is 15.1. The average Bonchev–Trinajstić information content (AvgIpc) is 3.56. The highest BCUT2D eigenvalue weighted by Gasteiger charge is 2.27. The van der Waals surface area contributed by atoms with Gasteiger partial charge >= 0.3 is 5.76 Å². The lowest BCUT2D eigenvalue weighted by Crippen LogP contribution is -2.20. The minimum atomic E-state index is -0.605. The largest absolute Gasteiger partial charge is 0.439 e. The lowest BCUT2D eigenvalue weighted by atomic mass is 10.0. The maximum Gasteiger partial charge on any atom is 0.439 e. The summed E-state index contributed by atoms with van der Waals surface area (Å²) >= 11 is 0. The van der Waals surface area contributed by atoms with E-state index in [0.717, 1.165) is 46.7 Å². The third kappa shape index (κ3) is 3.84. The summed E-state index contributed by atoms with van der Waals surface area (Å²) in [6.45, 7) is 2.02. The van der Waals surface area contributed by atoms with Gasteiger partial charge in [0.2, 0.25) is 0 Å². The number of benzene rings is 1. The number of aromatic nitrogens is 5. The lowest BCUT2D eigenvalue weighted by molar-refractivity contribution is 0.388. The van der Waals surface area contributed by atoms with Crippen LogP contribution in [0.25, 0.3) is 22.6 Å². The number of hydrogen-bond donors (Lipinski definition) is 2. The van der Waals surface area contributed by atoms with Crippen LogP contribution in [-0.4, -0.2) is 25.1 Å². The van der Waals surface area contributed by atoms with Gasteiger partial charge in [0, 0.05) is 35.2 Å². The smallest absolute Gasteiger partial charge is 0.310 e. The van der Waals surface area contributed by atoms with Crippen molar-refractivity contribution in [3.63, 3.8) is 0 Å². The Bertz CT molecular complexity index is 1350. The van der Waals surface area contributed by atoms with E-state index in [1.807, 2.05) is 43.3 Å². The van der Waals surface area contributed by atoms with E-state index in [4.69, 9.17) is 4.98 Å². The summed E-state index contributed by atoms with van der Waals surface area (Å²) in [5.74, 6) is 0.980. The van der Waals surface area contributed by atoms with Crippen molar-refractivity contribution in [2.24, 2.45) is 0 Å². The normalized spacial score (nSPS) is 13.5. The third-order valence-electron chi connectivity index (χ3n) is 5.52. The van der Waals surface area contributed by atoms with Gasteiger partial charge in [0.15, 0.2) is 5.82 Å². The molecule has 1 aliphatic carbocycles. The summed E-state index contributed by atoms with van der Waals surface area (Å²) in [4.78, 5) is 38.9. The summed E-state index contributed by atoms with van der Waals surface area (Å²) in [7, 11) is 0. The van der Waals surface area contributed by atoms with Crippen LogP contribution in [0.5, 0.6) is 0 Å². The zero-order chi connectivity index (χ0) is 21.4. The van der Waals surface area contributed by atoms with Gasteiger partial charge in [0.05, 0.1) is 11.4 Å². The molecule has 3 heterocycles. The van der Waals surface area contributed by atoms with Crippen molar-refractivity contribution in [3.8, 4) is 22.6 Å². The van der Waals surface area contributed by atoms with E-state index >= 15 is 0 Å². The van der Waals surface area contributed by atoms with Crippen molar-refractivity contribution >= 4 is 0 Å². The molecule has 8 heteroatoms. The molecule has 0 radical (unpaired) electrons. The molecule has 0 spiro atoms. The predicted molar refractivity (Wildman–Crippen MR) is 115 cm³/mol. The summed E-state index contributed by atoms with van der Waals surface area (Å²) in [6.07, 6.45) is 5.15. The van der Waals surface area contributed by atoms with Crippen molar-refractivity contribution in [2.75, 3.05) is 0 Å². The molecule has 31 heavy (non-hydrogen) atoms. The maximum absolute atomic E-state index is 12.7. The number of nitrogens with zero attached hydrogens (tertiary/aromatic N) is 3. The summed E-state index contributed by atoms with van der Waals surface area (Å²) in [5.41, 5.74) is 4.70. The predicted octanol–water partition coefficient (Wildman–Crippen LogP) is 3.21. The van der Waals surface area contributed by atoms with E-state index in [-0.39, 0.29) is 5.56 Å². The molecule has 1 aliphatic rings. The van der Waals surface area contributed by atoms with Crippen LogP contribution in [0.3, 0.4) is 0 Å². The Morgan fingerprint density at radius 2 is 1.87 bits per heavy atom. The van der Waals surface area contributed by atoms with Gasteiger partial charge in [-0.2, -0.15) is 0 Å². The summed E-state index contributed by atoms with van der Waals surface area (Å²) < 4.78 is 4.64. The first kappa shape index (κ1) is 19.2. The van der Waals surface area contributed by atoms with Gasteiger partial charge in [-0.05, 0) is 30.9 Å². The molecule has 0 saturated heterocycles. The molecule has 4 aromatic rings. The first-order valence-corrected chi connectivity index (χ1v) is 10.3. The third-order valence-corrected chi connectivity index (χ3v) is 5.52. The molecule has 0 unspecified atom stereocenters. The highest BCUT2D eigenvalue weighted by Crippen LogP contribution is 2.37. The van der Waals surface area contributed by atoms with E-state index in [1.165, 1.54) is 0 Å². The number of hydrogen-bond acceptors (Lipinski definition) is 6. The van der Waals surface area contributed by atoms with Crippen molar-refractivity contribution in [2.45, 2.75) is 38.5 Å². The summed E-state index contributed by atoms with van der Waals surface area (Å²) in [6, 6.07) is 11.4. The number of aromatic amines is 2. The van der Waals surface area contributed by atoms with Crippen LogP contribution >= 0.6 is 0 Å². The van der Waals surface area contributed by atoms with Gasteiger partial charge in [0.1, 0.15) is 5.82 Å². The molecule has 8 nitrogen and oxygen atoms in total. The van der Waals surface area contributed by atoms with Crippen LogP contribution in [0.1, 0.15) is 48.3 Å². The monoisotopic (exact) mass is 415 g/mol. The van der Waals surface area contributed by atoms with Gasteiger partial charge in [-0.15, -0.1) is 0 Å². The maximum atomic E-state index is 12.7. The van der Waals surface area contributed by atoms with Crippen LogP contribution < -0.4 is 11.3 Å². The second-order valence-corrected chi connectivity index (χ2v) is 7.72. The van der Waals surface area contributed by atoms with Gasteiger partial charge in [0.25, 0.3) is 5.56 Å². The Balaban J connectivity index is 1.45. The number of rotatable bonds is 6. The molecule has 5 rings (SSSR count). The zero-order valence-corrected chi connectivity index (χ0v) is 17.0. The Morgan fingerprint density at radius 3 is 2.52 bits per heavy atom. The number of pyridine rings is 1. The highest BCUT2D eigenvalue weighted by atomic mass is 16.5. The molecule has 0 amide bonds. The van der Waals surface area contributed by atoms with E-state index in [9.17, 15) is 9.59 Å². The fourth-order valence-electron chi connectivity index (χ4n) is 3.74. The lowest BCUT2D eigenvalue weighted by Gasteiger charge is -2.10. The topological polar surface area (TPSA) is 118 Å². The molecular weight excluding hydrogens is 394 g/mol. The molecule has 3 aromatic heterocycles. The molecule has 1 saturated carbocycles. The standard InChI is InChI=1S/C23H21N5O3/c1-2-18-17(22(29)26-20(25-18)14-8-9-14)11-13-7-10-19(24-12-13)15-5-3-4-6-16(15)21-27-23(30)31-28-21/h3-7,10,12,14H,2,8-9,11H2,1H3,(H,25,26,29)(H,27,28,30). The average molecular weight is 415 g/mol. The number of H-pyrrole nitrogens is 2. The first-order valence-electron chi connectivity index (χ1n) is 10.3. The second kappa shape index (κ2) is 7.79. The van der Waals surface area contributed by atoms with Crippen LogP contribution in [0.4, 0.5) is 0 Å². The number of aryl methyl sites for hydroxylation is 1. The van der Waals surface area contributed by atoms with Crippen molar-refractivity contribution in [1.29, 1.82) is 0 Å². The Morgan fingerprint density at radius 1 is 1.06 bits per heavy atom. The van der Waals surface area contributed by atoms with E-state index < -0.39 is 5.76 Å². The van der Waals surface area contributed by atoms with E-state index in [0.29, 0.717) is 30.1 Å². The minimum Gasteiger partial charge on any atom is -0.310 e. The fraction of sp³-hybridized carbons (Fsp3) is 0.261. The molecule has 2 N–H and O–H groups in total. The van der Waals surface area contributed by atoms with E-state index in [2.05, 4.69) is 24.6 Å². The van der Waals surface area contributed by atoms with Gasteiger partial charge in [-0.25, -0.2) is 9.78 Å². The van der Waals surface area contributed by atoms with Crippen LogP contribution in [-0.2, 0) is 12.8 Å². The van der Waals surface area contributed by atoms with Gasteiger partial charge in [-0.1, -0.05) is 42.4 Å². The Labute approximate surface area is 177 Å². The van der Waals surface area contributed by atoms with E-state index in [1.54, 1.807) is 6.20 Å². The van der Waals surface area contributed by atoms with Crippen molar-refractivity contribution in [3.05, 3.63) is 86.1 Å². The molecular formula is C23H21N5O3. The molecule has 156 valence electrons. The summed E-state index contributed by atoms with van der Waals surface area (Å²) in [5, 5.41) is 3.78. The van der Waals surface area contributed by atoms with Crippen molar-refractivity contribution < 1.29 is 4.52 Å². The van der Waals surface area contributed by atoms with Crippen LogP contribution in [0.15, 0.2) is 56.7 Å². The zero-order valence-electron chi connectivity index (χ0n) is 17.0. The SMILES string of the molecule is CCc1nc(C2CC2)[nH]c(=O)c1Cc1ccc(-c2ccccc2-c2noc(=O)[nH]2)nc1. The quantitative estimate of drug-likeness (QED) is 0.499. The molecule has 0 bridgehead atoms. The van der Waals surface area contributed by atoms with Gasteiger partial charge in [-0.3, -0.25) is 19.3 Å². The molecule has 1 aromatic carbocycles. The Kier molecular flexibility index (Phi) is 4.82. The van der Waals surface area contributed by atoms with Crippen LogP contribution in [0.2, 0.25) is 0 Å². The van der Waals surface area contributed by atoms with Crippen LogP contribution in [0, 0.1) is 0 Å². The highest BCUT2D eigenvalue weighted by molar-refractivity contribution is 5.78. The molecule has 0 aliphatic heterocycles. The number of nitrogens with one attached hydrogen (secondary N) is 2. The molecule has 1 fully saturated rings. The minimum absolute atomic E-state index is 0.0573. The Hall–Kier alpha value is -3.81. The van der Waals surface area contributed by atoms with Crippen molar-refractivity contribution in [1.82, 2.24) is 25.1 Å². The molecule has 0 atom stereocenters. The second-order valence-electron chi connectivity index (χ2n) is 7.72. The van der Waals surface area contributed by atoms with Gasteiger partial charge < -0.3 is 4.98 Å².